The lowest BCUT2D eigenvalue weighted by Crippen LogP contribution is -2.55. The van der Waals surface area contributed by atoms with Gasteiger partial charge in [0.2, 0.25) is 5.91 Å². The summed E-state index contributed by atoms with van der Waals surface area (Å²) in [7, 11) is -2.29. The minimum Gasteiger partial charge on any atom is -0.343 e. The van der Waals surface area contributed by atoms with Gasteiger partial charge in [-0.3, -0.25) is 19.3 Å². The van der Waals surface area contributed by atoms with Crippen molar-refractivity contribution < 1.29 is 22.8 Å². The van der Waals surface area contributed by atoms with Gasteiger partial charge in [0, 0.05) is 42.8 Å². The summed E-state index contributed by atoms with van der Waals surface area (Å²) in [4.78, 5) is 45.6. The number of piperazine rings is 1. The zero-order valence-electron chi connectivity index (χ0n) is 24.9. The second-order valence-electron chi connectivity index (χ2n) is 11.2. The van der Waals surface area contributed by atoms with E-state index in [0.29, 0.717) is 28.5 Å². The summed E-state index contributed by atoms with van der Waals surface area (Å²) >= 11 is 12.2. The number of nitrogens with one attached hydrogen (secondary N) is 1. The molecule has 0 aromatic heterocycles. The molecule has 3 aromatic rings. The molecule has 0 aliphatic carbocycles. The molecule has 5 rings (SSSR count). The average molecular weight is 673 g/mol. The van der Waals surface area contributed by atoms with Crippen LogP contribution >= 0.6 is 23.2 Å². The molecule has 13 heteroatoms. The zero-order valence-corrected chi connectivity index (χ0v) is 27.2. The lowest BCUT2D eigenvalue weighted by atomic mass is 10.0. The second kappa shape index (κ2) is 14.3. The van der Waals surface area contributed by atoms with E-state index in [4.69, 9.17) is 23.2 Å². The first-order valence-corrected chi connectivity index (χ1v) is 16.9. The van der Waals surface area contributed by atoms with Crippen LogP contribution in [0.2, 0.25) is 10.0 Å². The normalized spacial score (nSPS) is 16.7. The topological polar surface area (TPSA) is 110 Å². The number of hydrogen-bond donors (Lipinski definition) is 1. The van der Waals surface area contributed by atoms with Gasteiger partial charge in [0.15, 0.2) is 0 Å². The molecule has 0 bridgehead atoms. The number of carbonyl (C=O) groups is 3. The van der Waals surface area contributed by atoms with Crippen LogP contribution in [0, 0.1) is 0 Å². The Labute approximate surface area is 273 Å². The number of anilines is 1. The van der Waals surface area contributed by atoms with Crippen LogP contribution in [0.1, 0.15) is 33.6 Å². The fourth-order valence-corrected chi connectivity index (χ4v) is 7.55. The number of sulfonamides is 1. The maximum Gasteiger partial charge on any atom is 0.273 e. The molecule has 45 heavy (non-hydrogen) atoms. The molecule has 0 spiro atoms. The van der Waals surface area contributed by atoms with E-state index in [1.54, 1.807) is 23.1 Å². The Morgan fingerprint density at radius 1 is 0.867 bits per heavy atom. The van der Waals surface area contributed by atoms with Gasteiger partial charge in [-0.15, -0.1) is 0 Å². The molecular formula is C32H35Cl2N5O5S. The minimum absolute atomic E-state index is 0.00401. The van der Waals surface area contributed by atoms with E-state index in [2.05, 4.69) is 22.2 Å². The number of piperidine rings is 1. The van der Waals surface area contributed by atoms with Crippen LogP contribution in [0.15, 0.2) is 77.7 Å². The van der Waals surface area contributed by atoms with Crippen LogP contribution in [-0.2, 0) is 14.8 Å². The van der Waals surface area contributed by atoms with E-state index in [1.807, 2.05) is 0 Å². The SMILES string of the molecule is CN1CCC(N2CCN(C(=O)CNC(=O)c3ccc(S(=O)(=O)N(C(=O)c4ccc(Cl)cc4Cl)c4ccccc4)cc3)CC2)CC1. The Kier molecular flexibility index (Phi) is 10.5. The summed E-state index contributed by atoms with van der Waals surface area (Å²) in [5.41, 5.74) is 0.241. The van der Waals surface area contributed by atoms with Crippen molar-refractivity contribution in [3.63, 3.8) is 0 Å². The molecule has 2 aliphatic rings. The highest BCUT2D eigenvalue weighted by Crippen LogP contribution is 2.29. The summed E-state index contributed by atoms with van der Waals surface area (Å²) in [6.45, 7) is 4.88. The van der Waals surface area contributed by atoms with Crippen molar-refractivity contribution in [2.24, 2.45) is 0 Å². The number of likely N-dealkylation sites (tertiary alicyclic amines) is 1. The van der Waals surface area contributed by atoms with Gasteiger partial charge in [0.05, 0.1) is 27.7 Å². The van der Waals surface area contributed by atoms with Crippen molar-refractivity contribution in [3.05, 3.63) is 94.0 Å². The summed E-state index contributed by atoms with van der Waals surface area (Å²) in [6, 6.07) is 17.8. The molecule has 2 fully saturated rings. The standard InChI is InChI=1S/C32H35Cl2N5O5S/c1-36-15-13-25(14-16-36)37-17-19-38(20-18-37)30(40)22-35-31(41)23-7-10-27(11-8-23)45(43,44)39(26-5-3-2-4-6-26)32(42)28-12-9-24(33)21-29(28)34/h2-12,21,25H,13-20,22H2,1H3,(H,35,41). The van der Waals surface area contributed by atoms with Gasteiger partial charge < -0.3 is 15.1 Å². The van der Waals surface area contributed by atoms with Crippen LogP contribution in [0.4, 0.5) is 5.69 Å². The molecule has 3 aromatic carbocycles. The molecule has 0 radical (unpaired) electrons. The van der Waals surface area contributed by atoms with Crippen molar-refractivity contribution in [2.45, 2.75) is 23.8 Å². The average Bonchev–Trinajstić information content (AvgIpc) is 3.04. The Morgan fingerprint density at radius 3 is 2.13 bits per heavy atom. The maximum atomic E-state index is 13.8. The monoisotopic (exact) mass is 671 g/mol. The number of benzene rings is 3. The van der Waals surface area contributed by atoms with E-state index < -0.39 is 21.8 Å². The first-order valence-electron chi connectivity index (χ1n) is 14.7. The van der Waals surface area contributed by atoms with E-state index in [1.165, 1.54) is 54.6 Å². The van der Waals surface area contributed by atoms with E-state index in [0.717, 1.165) is 39.0 Å². The van der Waals surface area contributed by atoms with Gasteiger partial charge in [-0.1, -0.05) is 41.4 Å². The van der Waals surface area contributed by atoms with Crippen molar-refractivity contribution in [1.29, 1.82) is 0 Å². The number of rotatable bonds is 8. The van der Waals surface area contributed by atoms with Crippen LogP contribution in [0.3, 0.4) is 0 Å². The third kappa shape index (κ3) is 7.67. The summed E-state index contributed by atoms with van der Waals surface area (Å²) in [5, 5.41) is 2.95. The molecule has 2 aliphatic heterocycles. The van der Waals surface area contributed by atoms with E-state index >= 15 is 0 Å². The van der Waals surface area contributed by atoms with Crippen LogP contribution in [0.5, 0.6) is 0 Å². The lowest BCUT2D eigenvalue weighted by Gasteiger charge is -2.42. The molecule has 0 unspecified atom stereocenters. The Hall–Kier alpha value is -3.48. The molecule has 238 valence electrons. The van der Waals surface area contributed by atoms with Crippen LogP contribution < -0.4 is 9.62 Å². The minimum atomic E-state index is -4.43. The van der Waals surface area contributed by atoms with Gasteiger partial charge in [-0.05, 0) is 87.6 Å². The quantitative estimate of drug-likeness (QED) is 0.386. The number of para-hydroxylation sites is 1. The number of amides is 3. The molecule has 3 amide bonds. The largest absolute Gasteiger partial charge is 0.343 e. The van der Waals surface area contributed by atoms with Crippen LogP contribution in [0.25, 0.3) is 0 Å². The first kappa shape index (κ1) is 32.9. The predicted octanol–water partition coefficient (Wildman–Crippen LogP) is 4.00. The van der Waals surface area contributed by atoms with Gasteiger partial charge in [0.25, 0.3) is 21.8 Å². The molecule has 10 nitrogen and oxygen atoms in total. The number of carbonyl (C=O) groups excluding carboxylic acids is 3. The highest BCUT2D eigenvalue weighted by atomic mass is 35.5. The second-order valence-corrected chi connectivity index (χ2v) is 13.8. The molecule has 2 saturated heterocycles. The Morgan fingerprint density at radius 2 is 1.51 bits per heavy atom. The van der Waals surface area contributed by atoms with Crippen molar-refractivity contribution >= 4 is 56.6 Å². The first-order chi connectivity index (χ1) is 21.5. The van der Waals surface area contributed by atoms with Gasteiger partial charge in [-0.2, -0.15) is 4.31 Å². The lowest BCUT2D eigenvalue weighted by molar-refractivity contribution is -0.132. The molecule has 0 saturated carbocycles. The smallest absolute Gasteiger partial charge is 0.273 e. The van der Waals surface area contributed by atoms with E-state index in [-0.39, 0.29) is 39.2 Å². The number of halogens is 2. The van der Waals surface area contributed by atoms with Crippen molar-refractivity contribution in [3.8, 4) is 0 Å². The van der Waals surface area contributed by atoms with Gasteiger partial charge in [-0.25, -0.2) is 8.42 Å². The molecular weight excluding hydrogens is 637 g/mol. The molecule has 1 N–H and O–H groups in total. The van der Waals surface area contributed by atoms with Crippen LogP contribution in [-0.4, -0.2) is 99.7 Å². The van der Waals surface area contributed by atoms with Gasteiger partial charge in [0.1, 0.15) is 0 Å². The maximum absolute atomic E-state index is 13.8. The summed E-state index contributed by atoms with van der Waals surface area (Å²) in [6.07, 6.45) is 2.27. The molecule has 2 heterocycles. The molecule has 0 atom stereocenters. The number of hydrogen-bond acceptors (Lipinski definition) is 7. The summed E-state index contributed by atoms with van der Waals surface area (Å²) in [5.74, 6) is -1.54. The highest BCUT2D eigenvalue weighted by Gasteiger charge is 2.33. The van der Waals surface area contributed by atoms with Crippen molar-refractivity contribution in [1.82, 2.24) is 20.0 Å². The van der Waals surface area contributed by atoms with Crippen molar-refractivity contribution in [2.75, 3.05) is 57.2 Å². The predicted molar refractivity (Wildman–Crippen MR) is 174 cm³/mol. The highest BCUT2D eigenvalue weighted by molar-refractivity contribution is 7.93. The number of nitrogens with zero attached hydrogens (tertiary/aromatic N) is 4. The third-order valence-electron chi connectivity index (χ3n) is 8.26. The fourth-order valence-electron chi connectivity index (χ4n) is 5.65. The Bertz CT molecular complexity index is 1640. The zero-order chi connectivity index (χ0) is 32.1. The van der Waals surface area contributed by atoms with Gasteiger partial charge >= 0.3 is 0 Å². The van der Waals surface area contributed by atoms with E-state index in [9.17, 15) is 22.8 Å². The fraction of sp³-hybridized carbons (Fsp3) is 0.344. The third-order valence-corrected chi connectivity index (χ3v) is 10.5. The Balaban J connectivity index is 1.22. The summed E-state index contributed by atoms with van der Waals surface area (Å²) < 4.78 is 28.3.